The number of halogens is 1. The molecule has 4 aromatic rings. The molecule has 4 rings (SSSR count). The van der Waals surface area contributed by atoms with E-state index in [1.165, 1.54) is 48.9 Å². The Labute approximate surface area is 188 Å². The van der Waals surface area contributed by atoms with Crippen molar-refractivity contribution in [1.29, 1.82) is 0 Å². The third-order valence-corrected chi connectivity index (χ3v) is 5.72. The average molecular weight is 450 g/mol. The van der Waals surface area contributed by atoms with E-state index in [9.17, 15) is 9.18 Å². The number of anilines is 1. The van der Waals surface area contributed by atoms with Gasteiger partial charge in [-0.05, 0) is 60.5 Å². The van der Waals surface area contributed by atoms with Gasteiger partial charge in [-0.3, -0.25) is 4.79 Å². The van der Waals surface area contributed by atoms with E-state index < -0.39 is 0 Å². The van der Waals surface area contributed by atoms with Crippen molar-refractivity contribution in [2.75, 3.05) is 19.2 Å². The van der Waals surface area contributed by atoms with Gasteiger partial charge in [-0.1, -0.05) is 29.5 Å². The molecule has 0 N–H and O–H groups in total. The number of carbonyl (C=O) groups is 1. The lowest BCUT2D eigenvalue weighted by Gasteiger charge is -2.15. The van der Waals surface area contributed by atoms with Crippen molar-refractivity contribution >= 4 is 38.8 Å². The molecule has 32 heavy (non-hydrogen) atoms. The number of aromatic nitrogens is 1. The van der Waals surface area contributed by atoms with E-state index in [4.69, 9.17) is 9.47 Å². The summed E-state index contributed by atoms with van der Waals surface area (Å²) in [5.74, 6) is 0.212. The fourth-order valence-electron chi connectivity index (χ4n) is 3.06. The number of hydrazone groups is 1. The van der Waals surface area contributed by atoms with Crippen LogP contribution in [0, 0.1) is 12.7 Å². The van der Waals surface area contributed by atoms with Crippen LogP contribution < -0.4 is 14.5 Å². The first-order valence-corrected chi connectivity index (χ1v) is 10.5. The molecule has 0 aliphatic rings. The number of nitrogens with zero attached hydrogens (tertiary/aromatic N) is 3. The number of amides is 1. The predicted octanol–water partition coefficient (Wildman–Crippen LogP) is 5.44. The van der Waals surface area contributed by atoms with Crippen molar-refractivity contribution in [3.05, 3.63) is 83.2 Å². The summed E-state index contributed by atoms with van der Waals surface area (Å²) in [4.78, 5) is 18.1. The van der Waals surface area contributed by atoms with Gasteiger partial charge in [0.1, 0.15) is 5.82 Å². The van der Waals surface area contributed by atoms with Crippen molar-refractivity contribution < 1.29 is 18.7 Å². The van der Waals surface area contributed by atoms with Gasteiger partial charge in [-0.2, -0.15) is 10.1 Å². The molecule has 3 aromatic carbocycles. The minimum Gasteiger partial charge on any atom is -0.493 e. The first-order valence-electron chi connectivity index (χ1n) is 9.71. The van der Waals surface area contributed by atoms with Gasteiger partial charge in [0.25, 0.3) is 5.91 Å². The molecule has 0 aliphatic carbocycles. The Morgan fingerprint density at radius 3 is 2.50 bits per heavy atom. The molecule has 0 saturated carbocycles. The van der Waals surface area contributed by atoms with E-state index in [2.05, 4.69) is 10.1 Å². The van der Waals surface area contributed by atoms with Crippen LogP contribution in [0.2, 0.25) is 0 Å². The third-order valence-electron chi connectivity index (χ3n) is 4.73. The Hall–Kier alpha value is -3.78. The summed E-state index contributed by atoms with van der Waals surface area (Å²) in [6.45, 7) is 2.00. The summed E-state index contributed by atoms with van der Waals surface area (Å²) in [5, 5.41) is 6.06. The maximum Gasteiger partial charge on any atom is 0.280 e. The second-order valence-electron chi connectivity index (χ2n) is 6.95. The molecule has 1 amide bonds. The molecule has 6 nitrogen and oxygen atoms in total. The summed E-state index contributed by atoms with van der Waals surface area (Å²) in [6, 6.07) is 16.6. The topological polar surface area (TPSA) is 64.0 Å². The SMILES string of the molecule is COc1ccc(C(=O)N(/N=C/c2ccc(F)cc2)c2nc3ccc(C)cc3s2)cc1OC. The Morgan fingerprint density at radius 2 is 1.78 bits per heavy atom. The smallest absolute Gasteiger partial charge is 0.280 e. The molecule has 0 saturated heterocycles. The number of methoxy groups -OCH3 is 2. The number of benzene rings is 3. The highest BCUT2D eigenvalue weighted by Crippen LogP contribution is 2.32. The van der Waals surface area contributed by atoms with Gasteiger partial charge in [-0.25, -0.2) is 9.37 Å². The van der Waals surface area contributed by atoms with Crippen LogP contribution in [0.1, 0.15) is 21.5 Å². The van der Waals surface area contributed by atoms with Gasteiger partial charge in [0.2, 0.25) is 5.13 Å². The molecule has 0 atom stereocenters. The summed E-state index contributed by atoms with van der Waals surface area (Å²) < 4.78 is 24.8. The first kappa shape index (κ1) is 21.5. The quantitative estimate of drug-likeness (QED) is 0.290. The van der Waals surface area contributed by atoms with Crippen LogP contribution in [-0.4, -0.2) is 31.3 Å². The van der Waals surface area contributed by atoms with Crippen molar-refractivity contribution in [2.24, 2.45) is 5.10 Å². The highest BCUT2D eigenvalue weighted by Gasteiger charge is 2.22. The largest absolute Gasteiger partial charge is 0.493 e. The van der Waals surface area contributed by atoms with E-state index in [0.29, 0.717) is 27.8 Å². The zero-order chi connectivity index (χ0) is 22.7. The van der Waals surface area contributed by atoms with E-state index in [-0.39, 0.29) is 11.7 Å². The van der Waals surface area contributed by atoms with Crippen LogP contribution in [0.5, 0.6) is 11.5 Å². The standard InChI is InChI=1S/C24H20FN3O3S/c1-15-4-10-19-22(12-15)32-24(27-19)28(26-14-16-5-8-18(25)9-6-16)23(29)17-7-11-20(30-2)21(13-17)31-3/h4-14H,1-3H3/b26-14+. The Kier molecular flexibility index (Phi) is 6.13. The summed E-state index contributed by atoms with van der Waals surface area (Å²) in [7, 11) is 3.04. The molecule has 0 bridgehead atoms. The molecule has 0 aliphatic heterocycles. The van der Waals surface area contributed by atoms with Crippen LogP contribution in [-0.2, 0) is 0 Å². The normalized spacial score (nSPS) is 11.1. The van der Waals surface area contributed by atoms with Crippen LogP contribution in [0.15, 0.2) is 65.8 Å². The highest BCUT2D eigenvalue weighted by molar-refractivity contribution is 7.22. The van der Waals surface area contributed by atoms with Crippen molar-refractivity contribution in [3.8, 4) is 11.5 Å². The maximum atomic E-state index is 13.5. The van der Waals surface area contributed by atoms with E-state index in [0.717, 1.165) is 15.8 Å². The minimum absolute atomic E-state index is 0.345. The Bertz CT molecular complexity index is 1300. The zero-order valence-corrected chi connectivity index (χ0v) is 18.5. The average Bonchev–Trinajstić information content (AvgIpc) is 3.22. The van der Waals surface area contributed by atoms with Crippen LogP contribution in [0.3, 0.4) is 0 Å². The Morgan fingerprint density at radius 1 is 1.03 bits per heavy atom. The minimum atomic E-state index is -0.389. The first-order chi connectivity index (χ1) is 15.5. The molecule has 0 fully saturated rings. The molecule has 162 valence electrons. The van der Waals surface area contributed by atoms with Gasteiger partial charge in [0.15, 0.2) is 11.5 Å². The molecule has 8 heteroatoms. The molecule has 0 spiro atoms. The second kappa shape index (κ2) is 9.15. The number of aryl methyl sites for hydroxylation is 1. The van der Waals surface area contributed by atoms with E-state index in [1.54, 1.807) is 30.3 Å². The van der Waals surface area contributed by atoms with Gasteiger partial charge < -0.3 is 9.47 Å². The molecular formula is C24H20FN3O3S. The predicted molar refractivity (Wildman–Crippen MR) is 125 cm³/mol. The summed E-state index contributed by atoms with van der Waals surface area (Å²) in [5.41, 5.74) is 2.88. The van der Waals surface area contributed by atoms with Crippen LogP contribution in [0.25, 0.3) is 10.2 Å². The number of ether oxygens (including phenoxy) is 2. The lowest BCUT2D eigenvalue weighted by molar-refractivity contribution is 0.0987. The van der Waals surface area contributed by atoms with Gasteiger partial charge in [-0.15, -0.1) is 0 Å². The monoisotopic (exact) mass is 449 g/mol. The van der Waals surface area contributed by atoms with Crippen molar-refractivity contribution in [2.45, 2.75) is 6.92 Å². The number of hydrogen-bond donors (Lipinski definition) is 0. The van der Waals surface area contributed by atoms with Crippen LogP contribution in [0.4, 0.5) is 9.52 Å². The fourth-order valence-corrected chi connectivity index (χ4v) is 4.08. The number of fused-ring (bicyclic) bond motifs is 1. The van der Waals surface area contributed by atoms with Crippen LogP contribution >= 0.6 is 11.3 Å². The van der Waals surface area contributed by atoms with E-state index >= 15 is 0 Å². The molecule has 1 aromatic heterocycles. The lowest BCUT2D eigenvalue weighted by atomic mass is 10.2. The lowest BCUT2D eigenvalue weighted by Crippen LogP contribution is -2.25. The zero-order valence-electron chi connectivity index (χ0n) is 17.7. The summed E-state index contributed by atoms with van der Waals surface area (Å²) >= 11 is 1.36. The number of rotatable bonds is 6. The maximum absolute atomic E-state index is 13.5. The fraction of sp³-hybridized carbons (Fsp3) is 0.125. The molecule has 0 radical (unpaired) electrons. The van der Waals surface area contributed by atoms with Gasteiger partial charge in [0.05, 0.1) is 30.7 Å². The summed E-state index contributed by atoms with van der Waals surface area (Å²) in [6.07, 6.45) is 1.50. The van der Waals surface area contributed by atoms with Crippen molar-refractivity contribution in [3.63, 3.8) is 0 Å². The van der Waals surface area contributed by atoms with Crippen molar-refractivity contribution in [1.82, 2.24) is 4.98 Å². The third kappa shape index (κ3) is 4.45. The number of hydrogen-bond acceptors (Lipinski definition) is 6. The molecule has 1 heterocycles. The van der Waals surface area contributed by atoms with Gasteiger partial charge in [0, 0.05) is 5.56 Å². The second-order valence-corrected chi connectivity index (χ2v) is 7.96. The van der Waals surface area contributed by atoms with Gasteiger partial charge >= 0.3 is 0 Å². The highest BCUT2D eigenvalue weighted by atomic mass is 32.1. The van der Waals surface area contributed by atoms with E-state index in [1.807, 2.05) is 25.1 Å². The number of thiazole rings is 1. The Balaban J connectivity index is 1.77. The number of carbonyl (C=O) groups excluding carboxylic acids is 1. The molecule has 0 unspecified atom stereocenters. The molecular weight excluding hydrogens is 429 g/mol.